The molecule has 70 valence electrons. The number of benzene rings is 1. The molecule has 1 rings (SSSR count). The first-order valence-corrected chi connectivity index (χ1v) is 3.11. The van der Waals surface area contributed by atoms with E-state index >= 15 is 0 Å². The van der Waals surface area contributed by atoms with Crippen molar-refractivity contribution in [1.82, 2.24) is 0 Å². The summed E-state index contributed by atoms with van der Waals surface area (Å²) in [6.45, 7) is 2.72. The van der Waals surface area contributed by atoms with Gasteiger partial charge in [0, 0.05) is 0 Å². The van der Waals surface area contributed by atoms with Gasteiger partial charge in [-0.1, -0.05) is 18.2 Å². The van der Waals surface area contributed by atoms with Crippen LogP contribution >= 0.6 is 0 Å². The Balaban J connectivity index is -0.000000270. The fourth-order valence-corrected chi connectivity index (χ4v) is 0.683. The second-order valence-electron chi connectivity index (χ2n) is 1.75. The van der Waals surface area contributed by atoms with Crippen molar-refractivity contribution in [3.05, 3.63) is 30.3 Å². The van der Waals surface area contributed by atoms with Gasteiger partial charge in [0.1, 0.15) is 5.75 Å². The summed E-state index contributed by atoms with van der Waals surface area (Å²) in [6.07, 6.45) is 0. The first-order chi connectivity index (χ1) is 4.43. The number of ether oxygens (including phenoxy) is 1. The topological polar surface area (TPSA) is 9.23 Å². The quantitative estimate of drug-likeness (QED) is 0.428. The van der Waals surface area contributed by atoms with Gasteiger partial charge in [0.2, 0.25) is 0 Å². The van der Waals surface area contributed by atoms with E-state index in [2.05, 4.69) is 0 Å². The van der Waals surface area contributed by atoms with Crippen molar-refractivity contribution in [3.63, 3.8) is 0 Å². The molecule has 0 N–H and O–H groups in total. The molecule has 0 unspecified atom stereocenters. The minimum absolute atomic E-state index is 0. The van der Waals surface area contributed by atoms with Gasteiger partial charge in [0.05, 0.1) is 6.61 Å². The summed E-state index contributed by atoms with van der Waals surface area (Å²) in [5, 5.41) is 0. The molecule has 0 aliphatic heterocycles. The first kappa shape index (κ1) is 18.4. The van der Waals surface area contributed by atoms with E-state index in [0.29, 0.717) is 0 Å². The molecule has 0 bridgehead atoms. The monoisotopic (exact) mass is 472 g/mol. The predicted octanol–water partition coefficient (Wildman–Crippen LogP) is -3.91. The molecular weight excluding hydrogens is 462 g/mol. The van der Waals surface area contributed by atoms with Crippen LogP contribution in [0, 0.1) is 0 Å². The number of hydrogen-bond acceptors (Lipinski definition) is 1. The van der Waals surface area contributed by atoms with Crippen LogP contribution in [0.3, 0.4) is 0 Å². The van der Waals surface area contributed by atoms with Crippen LogP contribution in [0.25, 0.3) is 0 Å². The van der Waals surface area contributed by atoms with Gasteiger partial charge in [-0.15, -0.1) is 0 Å². The van der Waals surface area contributed by atoms with E-state index in [0.717, 1.165) is 12.4 Å². The van der Waals surface area contributed by atoms with Crippen LogP contribution in [0.4, 0.5) is 0 Å². The molecule has 0 atom stereocenters. The van der Waals surface area contributed by atoms with Crippen molar-refractivity contribution in [2.24, 2.45) is 0 Å². The number of hydrogen-bond donors (Lipinski definition) is 0. The summed E-state index contributed by atoms with van der Waals surface area (Å²) in [6, 6.07) is 9.80. The average Bonchev–Trinajstić information content (AvgIpc) is 1.91. The van der Waals surface area contributed by atoms with Gasteiger partial charge in [-0.3, -0.25) is 0 Å². The van der Waals surface area contributed by atoms with Crippen LogP contribution in [0.2, 0.25) is 0 Å². The zero-order chi connectivity index (χ0) is 6.53. The standard InChI is InChI=1S/C8H10O.2BrH.Os/c1-2-9-8-6-4-3-5-7-8;;;/h3-7H,2H2,1H3;2*1H;/q;;;+2/p-2. The molecule has 0 saturated heterocycles. The minimum Gasteiger partial charge on any atom is -1.00 e. The summed E-state index contributed by atoms with van der Waals surface area (Å²) < 4.78 is 5.21. The van der Waals surface area contributed by atoms with Crippen LogP contribution in [0.1, 0.15) is 6.92 Å². The van der Waals surface area contributed by atoms with E-state index < -0.39 is 0 Å². The molecule has 0 spiro atoms. The summed E-state index contributed by atoms with van der Waals surface area (Å²) in [5.74, 6) is 0.944. The molecule has 0 saturated carbocycles. The second-order valence-corrected chi connectivity index (χ2v) is 1.75. The Labute approximate surface area is 107 Å². The zero-order valence-corrected chi connectivity index (χ0v) is 12.3. The largest absolute Gasteiger partial charge is 2.00 e. The molecule has 1 aromatic rings. The van der Waals surface area contributed by atoms with Crippen LogP contribution in [-0.2, 0) is 19.8 Å². The third-order valence-corrected chi connectivity index (χ3v) is 1.05. The van der Waals surface area contributed by atoms with Gasteiger partial charge in [-0.25, -0.2) is 0 Å². The molecule has 0 aromatic heterocycles. The van der Waals surface area contributed by atoms with Gasteiger partial charge >= 0.3 is 19.8 Å². The van der Waals surface area contributed by atoms with Crippen molar-refractivity contribution in [2.75, 3.05) is 6.61 Å². The van der Waals surface area contributed by atoms with Crippen molar-refractivity contribution >= 4 is 0 Å². The second kappa shape index (κ2) is 11.6. The smallest absolute Gasteiger partial charge is 1.00 e. The fourth-order valence-electron chi connectivity index (χ4n) is 0.683. The van der Waals surface area contributed by atoms with E-state index in [4.69, 9.17) is 4.74 Å². The molecule has 0 aliphatic rings. The molecule has 1 aromatic carbocycles. The Bertz CT molecular complexity index is 170. The Morgan fingerprint density at radius 2 is 1.58 bits per heavy atom. The summed E-state index contributed by atoms with van der Waals surface area (Å²) in [5.41, 5.74) is 0. The Morgan fingerprint density at radius 1 is 1.08 bits per heavy atom. The molecule has 1 nitrogen and oxygen atoms in total. The van der Waals surface area contributed by atoms with Crippen LogP contribution in [0.5, 0.6) is 5.75 Å². The zero-order valence-electron chi connectivity index (χ0n) is 6.61. The van der Waals surface area contributed by atoms with Gasteiger partial charge < -0.3 is 38.7 Å². The molecule has 0 fully saturated rings. The van der Waals surface area contributed by atoms with Gasteiger partial charge in [-0.05, 0) is 19.1 Å². The number of para-hydroxylation sites is 1. The third kappa shape index (κ3) is 7.28. The first-order valence-electron chi connectivity index (χ1n) is 3.11. The molecule has 0 heterocycles. The fraction of sp³-hybridized carbons (Fsp3) is 0.250. The Hall–Kier alpha value is 0.616. The van der Waals surface area contributed by atoms with Gasteiger partial charge in [0.25, 0.3) is 0 Å². The Morgan fingerprint density at radius 3 is 2.00 bits per heavy atom. The number of halogens is 2. The van der Waals surface area contributed by atoms with Crippen LogP contribution < -0.4 is 38.7 Å². The van der Waals surface area contributed by atoms with Crippen molar-refractivity contribution in [2.45, 2.75) is 6.92 Å². The summed E-state index contributed by atoms with van der Waals surface area (Å²) >= 11 is 0. The molecular formula is C8H10Br2OOs. The van der Waals surface area contributed by atoms with Crippen molar-refractivity contribution in [1.29, 1.82) is 0 Å². The van der Waals surface area contributed by atoms with E-state index in [9.17, 15) is 0 Å². The molecule has 0 radical (unpaired) electrons. The van der Waals surface area contributed by atoms with Crippen molar-refractivity contribution < 1.29 is 58.5 Å². The summed E-state index contributed by atoms with van der Waals surface area (Å²) in [4.78, 5) is 0. The molecule has 4 heteroatoms. The van der Waals surface area contributed by atoms with Crippen LogP contribution in [-0.4, -0.2) is 6.61 Å². The van der Waals surface area contributed by atoms with E-state index in [1.165, 1.54) is 0 Å². The van der Waals surface area contributed by atoms with Gasteiger partial charge in [0.15, 0.2) is 0 Å². The Kier molecular flexibility index (Phi) is 17.8. The minimum atomic E-state index is 0. The number of rotatable bonds is 2. The SMILES string of the molecule is CCOc1ccccc1.[Br-].[Br-].[Os+2]. The molecule has 0 amide bonds. The maximum absolute atomic E-state index is 5.21. The van der Waals surface area contributed by atoms with Crippen molar-refractivity contribution in [3.8, 4) is 5.75 Å². The maximum Gasteiger partial charge on any atom is 2.00 e. The van der Waals surface area contributed by atoms with E-state index in [-0.39, 0.29) is 53.8 Å². The van der Waals surface area contributed by atoms with E-state index in [1.807, 2.05) is 37.3 Å². The predicted molar refractivity (Wildman–Crippen MR) is 37.6 cm³/mol. The summed E-state index contributed by atoms with van der Waals surface area (Å²) in [7, 11) is 0. The van der Waals surface area contributed by atoms with Crippen LogP contribution in [0.15, 0.2) is 30.3 Å². The van der Waals surface area contributed by atoms with E-state index in [1.54, 1.807) is 0 Å². The molecule has 0 aliphatic carbocycles. The molecule has 12 heavy (non-hydrogen) atoms. The average molecular weight is 472 g/mol. The van der Waals surface area contributed by atoms with Gasteiger partial charge in [-0.2, -0.15) is 0 Å². The third-order valence-electron chi connectivity index (χ3n) is 1.05. The maximum atomic E-state index is 5.21. The normalized spacial score (nSPS) is 6.75.